The summed E-state index contributed by atoms with van der Waals surface area (Å²) in [6.07, 6.45) is 14.5. The number of likely N-dealkylation sites (tertiary alicyclic amines) is 1. The third-order valence-electron chi connectivity index (χ3n) is 8.61. The number of nitrogens with zero attached hydrogens (tertiary/aromatic N) is 2. The molecule has 4 fully saturated rings. The number of carbonyl (C=O) groups excluding carboxylic acids is 1. The normalized spacial score (nSPS) is 29.8. The lowest BCUT2D eigenvalue weighted by molar-refractivity contribution is -0.147. The van der Waals surface area contributed by atoms with Gasteiger partial charge in [0.15, 0.2) is 0 Å². The monoisotopic (exact) mass is 426 g/mol. The number of hydrogen-bond acceptors (Lipinski definition) is 3. The zero-order valence-electron chi connectivity index (χ0n) is 18.6. The Bertz CT molecular complexity index is 493. The predicted molar refractivity (Wildman–Crippen MR) is 120 cm³/mol. The molecule has 1 unspecified atom stereocenters. The first kappa shape index (κ1) is 23.3. The van der Waals surface area contributed by atoms with Gasteiger partial charge in [-0.25, -0.2) is 0 Å². The summed E-state index contributed by atoms with van der Waals surface area (Å²) in [7, 11) is 0. The van der Waals surface area contributed by atoms with Crippen LogP contribution in [0.5, 0.6) is 0 Å². The van der Waals surface area contributed by atoms with Gasteiger partial charge in [0.1, 0.15) is 0 Å². The Hall–Kier alpha value is -0.320. The molecule has 4 rings (SSSR count). The van der Waals surface area contributed by atoms with Crippen LogP contribution >= 0.6 is 12.4 Å². The Morgan fingerprint density at radius 2 is 1.48 bits per heavy atom. The molecule has 0 aromatic carbocycles. The minimum Gasteiger partial charge on any atom is -0.379 e. The molecule has 4 nitrogen and oxygen atoms in total. The molecule has 0 spiro atoms. The minimum atomic E-state index is -0.0386. The maximum atomic E-state index is 14.0. The fourth-order valence-electron chi connectivity index (χ4n) is 7.22. The third kappa shape index (κ3) is 4.65. The Balaban J connectivity index is 0.00000240. The van der Waals surface area contributed by atoms with Gasteiger partial charge < -0.3 is 9.64 Å². The van der Waals surface area contributed by atoms with E-state index >= 15 is 0 Å². The van der Waals surface area contributed by atoms with E-state index in [0.29, 0.717) is 23.7 Å². The van der Waals surface area contributed by atoms with Gasteiger partial charge in [0.25, 0.3) is 0 Å². The van der Waals surface area contributed by atoms with E-state index in [4.69, 9.17) is 4.74 Å². The number of halogens is 1. The first-order valence-electron chi connectivity index (χ1n) is 12.4. The van der Waals surface area contributed by atoms with Gasteiger partial charge >= 0.3 is 0 Å². The summed E-state index contributed by atoms with van der Waals surface area (Å²) in [5, 5.41) is 0. The molecule has 2 aliphatic heterocycles. The highest BCUT2D eigenvalue weighted by Gasteiger charge is 2.60. The highest BCUT2D eigenvalue weighted by Crippen LogP contribution is 2.58. The maximum absolute atomic E-state index is 14.0. The van der Waals surface area contributed by atoms with Gasteiger partial charge in [-0.3, -0.25) is 9.69 Å². The number of rotatable bonds is 6. The van der Waals surface area contributed by atoms with Crippen molar-refractivity contribution in [3.8, 4) is 0 Å². The molecule has 5 heteroatoms. The highest BCUT2D eigenvalue weighted by atomic mass is 35.5. The summed E-state index contributed by atoms with van der Waals surface area (Å²) >= 11 is 0. The van der Waals surface area contributed by atoms with Crippen LogP contribution in [-0.2, 0) is 9.53 Å². The van der Waals surface area contributed by atoms with Gasteiger partial charge in [-0.15, -0.1) is 12.4 Å². The van der Waals surface area contributed by atoms with Gasteiger partial charge in [0, 0.05) is 26.2 Å². The first-order chi connectivity index (χ1) is 13.8. The molecule has 2 heterocycles. The fraction of sp³-hybridized carbons (Fsp3) is 0.958. The van der Waals surface area contributed by atoms with Crippen LogP contribution in [-0.4, -0.2) is 61.6 Å². The van der Waals surface area contributed by atoms with Crippen LogP contribution < -0.4 is 0 Å². The van der Waals surface area contributed by atoms with Crippen LogP contribution in [0.25, 0.3) is 0 Å². The molecule has 1 amide bonds. The Labute approximate surface area is 184 Å². The second-order valence-corrected chi connectivity index (χ2v) is 9.89. The third-order valence-corrected chi connectivity index (χ3v) is 8.61. The van der Waals surface area contributed by atoms with E-state index in [1.807, 2.05) is 0 Å². The van der Waals surface area contributed by atoms with E-state index < -0.39 is 0 Å². The molecule has 0 aromatic rings. The van der Waals surface area contributed by atoms with Crippen LogP contribution in [0.2, 0.25) is 0 Å². The summed E-state index contributed by atoms with van der Waals surface area (Å²) in [5.41, 5.74) is -0.0386. The fourth-order valence-corrected chi connectivity index (χ4v) is 7.22. The summed E-state index contributed by atoms with van der Waals surface area (Å²) in [6, 6.07) is 0. The van der Waals surface area contributed by atoms with Crippen LogP contribution in [0.3, 0.4) is 0 Å². The largest absolute Gasteiger partial charge is 0.379 e. The van der Waals surface area contributed by atoms with Crippen LogP contribution in [0.1, 0.15) is 77.6 Å². The van der Waals surface area contributed by atoms with Gasteiger partial charge in [0.2, 0.25) is 5.91 Å². The molecule has 0 N–H and O–H groups in total. The molecule has 2 saturated heterocycles. The zero-order valence-corrected chi connectivity index (χ0v) is 19.4. The quantitative estimate of drug-likeness (QED) is 0.614. The van der Waals surface area contributed by atoms with Gasteiger partial charge in [-0.1, -0.05) is 38.5 Å². The molecule has 4 aliphatic rings. The van der Waals surface area contributed by atoms with Crippen molar-refractivity contribution in [2.75, 3.05) is 45.9 Å². The number of carbonyl (C=O) groups is 1. The molecule has 2 aliphatic carbocycles. The second kappa shape index (κ2) is 10.8. The van der Waals surface area contributed by atoms with E-state index in [0.717, 1.165) is 45.9 Å². The number of morpholine rings is 1. The van der Waals surface area contributed by atoms with Crippen molar-refractivity contribution in [2.45, 2.75) is 77.6 Å². The Kier molecular flexibility index (Phi) is 8.71. The van der Waals surface area contributed by atoms with Crippen molar-refractivity contribution in [3.05, 3.63) is 0 Å². The summed E-state index contributed by atoms with van der Waals surface area (Å²) in [5.74, 6) is 2.40. The predicted octanol–water partition coefficient (Wildman–Crippen LogP) is 4.76. The average molecular weight is 427 g/mol. The highest BCUT2D eigenvalue weighted by molar-refractivity contribution is 5.86. The summed E-state index contributed by atoms with van der Waals surface area (Å²) in [4.78, 5) is 18.8. The maximum Gasteiger partial charge on any atom is 0.229 e. The molecule has 168 valence electrons. The van der Waals surface area contributed by atoms with E-state index in [1.165, 1.54) is 70.6 Å². The summed E-state index contributed by atoms with van der Waals surface area (Å²) < 4.78 is 5.55. The lowest BCUT2D eigenvalue weighted by Gasteiger charge is -2.49. The molecule has 0 radical (unpaired) electrons. The lowest BCUT2D eigenvalue weighted by atomic mass is 9.54. The SMILES string of the molecule is CCN1CC(CCN2CCOCC2)C(C2CCCCC2)(C2CCCCC2)C1=O.Cl. The van der Waals surface area contributed by atoms with Crippen molar-refractivity contribution in [2.24, 2.45) is 23.2 Å². The average Bonchev–Trinajstić information content (AvgIpc) is 3.06. The number of ether oxygens (including phenoxy) is 1. The second-order valence-electron chi connectivity index (χ2n) is 9.89. The zero-order chi connectivity index (χ0) is 19.4. The van der Waals surface area contributed by atoms with Gasteiger partial charge in [-0.05, 0) is 63.3 Å². The van der Waals surface area contributed by atoms with Crippen LogP contribution in [0.15, 0.2) is 0 Å². The van der Waals surface area contributed by atoms with Gasteiger partial charge in [-0.2, -0.15) is 0 Å². The van der Waals surface area contributed by atoms with Crippen molar-refractivity contribution < 1.29 is 9.53 Å². The van der Waals surface area contributed by atoms with Crippen LogP contribution in [0.4, 0.5) is 0 Å². The smallest absolute Gasteiger partial charge is 0.229 e. The summed E-state index contributed by atoms with van der Waals surface area (Å²) in [6.45, 7) is 9.15. The van der Waals surface area contributed by atoms with E-state index in [1.54, 1.807) is 0 Å². The molecule has 2 saturated carbocycles. The van der Waals surface area contributed by atoms with Crippen LogP contribution in [0, 0.1) is 23.2 Å². The first-order valence-corrected chi connectivity index (χ1v) is 12.4. The number of hydrogen-bond donors (Lipinski definition) is 0. The molecular formula is C24H43ClN2O2. The Morgan fingerprint density at radius 1 is 0.931 bits per heavy atom. The van der Waals surface area contributed by atoms with Crippen molar-refractivity contribution in [3.63, 3.8) is 0 Å². The van der Waals surface area contributed by atoms with Crippen molar-refractivity contribution in [1.82, 2.24) is 9.80 Å². The minimum absolute atomic E-state index is 0. The van der Waals surface area contributed by atoms with E-state index in [9.17, 15) is 4.79 Å². The number of amides is 1. The van der Waals surface area contributed by atoms with Gasteiger partial charge in [0.05, 0.1) is 18.6 Å². The topological polar surface area (TPSA) is 32.8 Å². The molecule has 0 aromatic heterocycles. The molecule has 29 heavy (non-hydrogen) atoms. The molecule has 0 bridgehead atoms. The van der Waals surface area contributed by atoms with E-state index in [-0.39, 0.29) is 17.8 Å². The molecule has 1 atom stereocenters. The standard InChI is InChI=1S/C24H42N2O2.ClH/c1-2-26-19-22(13-14-25-15-17-28-18-16-25)24(23(26)27,20-9-5-3-6-10-20)21-11-7-4-8-12-21;/h20-22H,2-19H2,1H3;1H. The van der Waals surface area contributed by atoms with Crippen molar-refractivity contribution >= 4 is 18.3 Å². The lowest BCUT2D eigenvalue weighted by Crippen LogP contribution is -2.50. The van der Waals surface area contributed by atoms with Crippen molar-refractivity contribution in [1.29, 1.82) is 0 Å². The molecular weight excluding hydrogens is 384 g/mol. The van der Waals surface area contributed by atoms with E-state index in [2.05, 4.69) is 16.7 Å². The Morgan fingerprint density at radius 3 is 2.00 bits per heavy atom.